The highest BCUT2D eigenvalue weighted by Crippen LogP contribution is 2.20. The normalized spacial score (nSPS) is 16.2. The van der Waals surface area contributed by atoms with Gasteiger partial charge in [-0.25, -0.2) is 13.8 Å². The third-order valence-electron chi connectivity index (χ3n) is 4.26. The van der Waals surface area contributed by atoms with Gasteiger partial charge in [0.15, 0.2) is 0 Å². The van der Waals surface area contributed by atoms with Crippen molar-refractivity contribution in [1.29, 1.82) is 5.41 Å². The number of allylic oxidation sites excluding steroid dienone is 1. The summed E-state index contributed by atoms with van der Waals surface area (Å²) in [6.07, 6.45) is 6.05. The lowest BCUT2D eigenvalue weighted by molar-refractivity contribution is -0.0228. The molecule has 3 heterocycles. The standard InChI is InChI=1S/C18H20ClF2N5/c19-17-4-3-15-16(25-17)7-13(10-24-15)14(8-22)9-23-11-18(20,21)12-26-5-1-2-6-26/h3-4,7-10,22-23H,1-2,5-6,11-12H2/b14-9+,22-8?. The molecule has 0 aromatic carbocycles. The Labute approximate surface area is 155 Å². The van der Waals surface area contributed by atoms with E-state index in [0.29, 0.717) is 27.3 Å². The average Bonchev–Trinajstić information content (AvgIpc) is 3.10. The van der Waals surface area contributed by atoms with Gasteiger partial charge in [-0.05, 0) is 44.1 Å². The van der Waals surface area contributed by atoms with Crippen LogP contribution in [0.2, 0.25) is 5.15 Å². The Balaban J connectivity index is 1.68. The first-order chi connectivity index (χ1) is 12.5. The van der Waals surface area contributed by atoms with Gasteiger partial charge in [-0.3, -0.25) is 9.88 Å². The summed E-state index contributed by atoms with van der Waals surface area (Å²) in [6, 6.07) is 5.13. The number of nitrogens with one attached hydrogen (secondary N) is 2. The number of fused-ring (bicyclic) bond motifs is 1. The van der Waals surface area contributed by atoms with Gasteiger partial charge in [0.25, 0.3) is 5.92 Å². The van der Waals surface area contributed by atoms with Crippen molar-refractivity contribution >= 4 is 34.4 Å². The first-order valence-electron chi connectivity index (χ1n) is 8.44. The molecule has 1 aliphatic heterocycles. The predicted molar refractivity (Wildman–Crippen MR) is 99.9 cm³/mol. The van der Waals surface area contributed by atoms with Crippen LogP contribution in [0.4, 0.5) is 8.78 Å². The van der Waals surface area contributed by atoms with Gasteiger partial charge in [0.1, 0.15) is 5.15 Å². The van der Waals surface area contributed by atoms with E-state index in [1.807, 2.05) is 0 Å². The zero-order valence-electron chi connectivity index (χ0n) is 14.2. The fourth-order valence-corrected chi connectivity index (χ4v) is 3.14. The van der Waals surface area contributed by atoms with E-state index in [2.05, 4.69) is 15.3 Å². The molecule has 5 nitrogen and oxygen atoms in total. The maximum atomic E-state index is 14.1. The first-order valence-corrected chi connectivity index (χ1v) is 8.81. The quantitative estimate of drug-likeness (QED) is 0.570. The van der Waals surface area contributed by atoms with Crippen molar-refractivity contribution in [3.63, 3.8) is 0 Å². The number of halogens is 3. The van der Waals surface area contributed by atoms with E-state index in [0.717, 1.165) is 32.1 Å². The molecule has 0 atom stereocenters. The van der Waals surface area contributed by atoms with Gasteiger partial charge in [0, 0.05) is 29.7 Å². The number of aromatic nitrogens is 2. The Hall–Kier alpha value is -2.12. The molecule has 0 radical (unpaired) electrons. The van der Waals surface area contributed by atoms with Crippen molar-refractivity contribution in [2.24, 2.45) is 0 Å². The van der Waals surface area contributed by atoms with E-state index in [1.165, 1.54) is 6.20 Å². The average molecular weight is 380 g/mol. The van der Waals surface area contributed by atoms with Crippen molar-refractivity contribution in [3.8, 4) is 0 Å². The number of alkyl halides is 2. The number of nitrogens with zero attached hydrogens (tertiary/aromatic N) is 3. The lowest BCUT2D eigenvalue weighted by Gasteiger charge is -2.23. The summed E-state index contributed by atoms with van der Waals surface area (Å²) in [4.78, 5) is 10.2. The summed E-state index contributed by atoms with van der Waals surface area (Å²) >= 11 is 5.89. The summed E-state index contributed by atoms with van der Waals surface area (Å²) in [7, 11) is 0. The zero-order valence-corrected chi connectivity index (χ0v) is 14.9. The monoisotopic (exact) mass is 379 g/mol. The van der Waals surface area contributed by atoms with Crippen molar-refractivity contribution in [2.75, 3.05) is 26.2 Å². The Morgan fingerprint density at radius 3 is 2.81 bits per heavy atom. The third kappa shape index (κ3) is 4.74. The molecule has 0 bridgehead atoms. The highest BCUT2D eigenvalue weighted by molar-refractivity contribution is 6.29. The van der Waals surface area contributed by atoms with E-state index in [9.17, 15) is 8.78 Å². The molecule has 138 valence electrons. The Bertz CT molecular complexity index is 818. The summed E-state index contributed by atoms with van der Waals surface area (Å²) in [5.74, 6) is -2.83. The van der Waals surface area contributed by atoms with Crippen LogP contribution in [-0.2, 0) is 0 Å². The topological polar surface area (TPSA) is 64.9 Å². The molecule has 0 unspecified atom stereocenters. The van der Waals surface area contributed by atoms with Crippen LogP contribution in [0.25, 0.3) is 16.6 Å². The molecular weight excluding hydrogens is 360 g/mol. The summed E-state index contributed by atoms with van der Waals surface area (Å²) in [5.41, 5.74) is 2.31. The molecule has 0 aliphatic carbocycles. The predicted octanol–water partition coefficient (Wildman–Crippen LogP) is 3.59. The lowest BCUT2D eigenvalue weighted by Crippen LogP contribution is -2.41. The maximum absolute atomic E-state index is 14.1. The molecule has 2 aromatic rings. The van der Waals surface area contributed by atoms with Crippen LogP contribution >= 0.6 is 11.6 Å². The molecule has 2 N–H and O–H groups in total. The fourth-order valence-electron chi connectivity index (χ4n) is 2.98. The van der Waals surface area contributed by atoms with Crippen LogP contribution in [0.15, 0.2) is 30.6 Å². The minimum Gasteiger partial charge on any atom is -0.384 e. The molecule has 0 spiro atoms. The van der Waals surface area contributed by atoms with Gasteiger partial charge in [-0.1, -0.05) is 11.6 Å². The Morgan fingerprint density at radius 2 is 2.08 bits per heavy atom. The van der Waals surface area contributed by atoms with Crippen LogP contribution in [0, 0.1) is 5.41 Å². The Kier molecular flexibility index (Phi) is 5.78. The molecule has 1 fully saturated rings. The number of hydrogen-bond acceptors (Lipinski definition) is 5. The minimum atomic E-state index is -2.83. The van der Waals surface area contributed by atoms with E-state index in [4.69, 9.17) is 17.0 Å². The van der Waals surface area contributed by atoms with E-state index in [-0.39, 0.29) is 6.54 Å². The van der Waals surface area contributed by atoms with E-state index < -0.39 is 12.5 Å². The number of likely N-dealkylation sites (tertiary alicyclic amines) is 1. The molecule has 8 heteroatoms. The Morgan fingerprint density at radius 1 is 1.31 bits per heavy atom. The van der Waals surface area contributed by atoms with Gasteiger partial charge in [0.2, 0.25) is 0 Å². The maximum Gasteiger partial charge on any atom is 0.277 e. The van der Waals surface area contributed by atoms with E-state index in [1.54, 1.807) is 29.3 Å². The zero-order chi connectivity index (χ0) is 18.6. The fraction of sp³-hybridized carbons (Fsp3) is 0.389. The highest BCUT2D eigenvalue weighted by atomic mass is 35.5. The minimum absolute atomic E-state index is 0.242. The van der Waals surface area contributed by atoms with Crippen molar-refractivity contribution in [2.45, 2.75) is 18.8 Å². The molecule has 3 rings (SSSR count). The summed E-state index contributed by atoms with van der Waals surface area (Å²) in [5, 5.41) is 10.5. The number of pyridine rings is 2. The van der Waals surface area contributed by atoms with Gasteiger partial charge < -0.3 is 10.7 Å². The van der Waals surface area contributed by atoms with Crippen LogP contribution in [0.5, 0.6) is 0 Å². The molecule has 26 heavy (non-hydrogen) atoms. The molecule has 0 amide bonds. The highest BCUT2D eigenvalue weighted by Gasteiger charge is 2.32. The number of hydrogen-bond donors (Lipinski definition) is 2. The van der Waals surface area contributed by atoms with Gasteiger partial charge in [-0.15, -0.1) is 0 Å². The SMILES string of the molecule is N=C/C(=C\NCC(F)(F)CN1CCCC1)c1cnc2ccc(Cl)nc2c1. The van der Waals surface area contributed by atoms with Crippen LogP contribution in [0.3, 0.4) is 0 Å². The van der Waals surface area contributed by atoms with Crippen LogP contribution < -0.4 is 5.32 Å². The summed E-state index contributed by atoms with van der Waals surface area (Å²) < 4.78 is 28.1. The first kappa shape index (κ1) is 18.7. The number of rotatable bonds is 7. The van der Waals surface area contributed by atoms with Gasteiger partial charge in [0.05, 0.1) is 24.1 Å². The lowest BCUT2D eigenvalue weighted by atomic mass is 10.1. The molecule has 0 saturated carbocycles. The van der Waals surface area contributed by atoms with Gasteiger partial charge in [-0.2, -0.15) is 0 Å². The second-order valence-electron chi connectivity index (χ2n) is 6.36. The van der Waals surface area contributed by atoms with Gasteiger partial charge >= 0.3 is 0 Å². The van der Waals surface area contributed by atoms with Crippen LogP contribution in [0.1, 0.15) is 18.4 Å². The molecular formula is C18H20ClF2N5. The van der Waals surface area contributed by atoms with Crippen molar-refractivity contribution in [1.82, 2.24) is 20.2 Å². The molecule has 2 aromatic heterocycles. The second kappa shape index (κ2) is 8.05. The third-order valence-corrected chi connectivity index (χ3v) is 4.47. The molecule has 1 saturated heterocycles. The van der Waals surface area contributed by atoms with Crippen molar-refractivity contribution < 1.29 is 8.78 Å². The smallest absolute Gasteiger partial charge is 0.277 e. The van der Waals surface area contributed by atoms with Crippen LogP contribution in [-0.4, -0.2) is 53.2 Å². The largest absolute Gasteiger partial charge is 0.384 e. The molecule has 1 aliphatic rings. The van der Waals surface area contributed by atoms with E-state index >= 15 is 0 Å². The second-order valence-corrected chi connectivity index (χ2v) is 6.75. The van der Waals surface area contributed by atoms with Crippen molar-refractivity contribution in [3.05, 3.63) is 41.3 Å². The summed E-state index contributed by atoms with van der Waals surface area (Å²) in [6.45, 7) is 0.741.